The summed E-state index contributed by atoms with van der Waals surface area (Å²) in [6, 6.07) is 7.43. The van der Waals surface area contributed by atoms with E-state index in [9.17, 15) is 4.79 Å². The van der Waals surface area contributed by atoms with Crippen LogP contribution in [0, 0.1) is 0 Å². The highest BCUT2D eigenvalue weighted by Crippen LogP contribution is 2.18. The quantitative estimate of drug-likeness (QED) is 0.801. The summed E-state index contributed by atoms with van der Waals surface area (Å²) in [7, 11) is 0. The van der Waals surface area contributed by atoms with Crippen LogP contribution in [0.4, 0.5) is 4.79 Å². The van der Waals surface area contributed by atoms with Crippen LogP contribution in [0.3, 0.4) is 0 Å². The van der Waals surface area contributed by atoms with Gasteiger partial charge >= 0.3 is 6.09 Å². The molecule has 4 heteroatoms. The molecule has 0 bridgehead atoms. The maximum absolute atomic E-state index is 11.2. The molecule has 0 unspecified atom stereocenters. The highest BCUT2D eigenvalue weighted by atomic mass is 32.2. The average Bonchev–Trinajstić information content (AvgIpc) is 2.27. The van der Waals surface area contributed by atoms with Crippen molar-refractivity contribution in [1.82, 2.24) is 5.32 Å². The van der Waals surface area contributed by atoms with E-state index < -0.39 is 6.09 Å². The number of rotatable bonds is 4. The number of thioether (sulfide) groups is 1. The van der Waals surface area contributed by atoms with Crippen molar-refractivity contribution >= 4 is 17.9 Å². The maximum Gasteiger partial charge on any atom is 0.412 e. The Labute approximate surface area is 94.2 Å². The van der Waals surface area contributed by atoms with Crippen LogP contribution in [0.2, 0.25) is 0 Å². The lowest BCUT2D eigenvalue weighted by Crippen LogP contribution is -2.27. The Morgan fingerprint density at radius 3 is 2.60 bits per heavy atom. The Hall–Kier alpha value is -1.16. The van der Waals surface area contributed by atoms with Crippen molar-refractivity contribution < 1.29 is 9.53 Å². The molecule has 0 atom stereocenters. The van der Waals surface area contributed by atoms with Crippen LogP contribution in [-0.4, -0.2) is 18.9 Å². The van der Waals surface area contributed by atoms with Gasteiger partial charge in [0.1, 0.15) is 5.75 Å². The molecule has 0 aliphatic heterocycles. The third-order valence-corrected chi connectivity index (χ3v) is 2.53. The lowest BCUT2D eigenvalue weighted by atomic mass is 10.3. The molecule has 0 heterocycles. The lowest BCUT2D eigenvalue weighted by Gasteiger charge is -2.05. The van der Waals surface area contributed by atoms with Gasteiger partial charge in [0.15, 0.2) is 0 Å². The number of carbonyl (C=O) groups is 1. The molecule has 1 N–H and O–H groups in total. The van der Waals surface area contributed by atoms with Crippen LogP contribution in [0.15, 0.2) is 29.2 Å². The molecule has 82 valence electrons. The summed E-state index contributed by atoms with van der Waals surface area (Å²) < 4.78 is 5.06. The number of nitrogens with one attached hydrogen (secondary N) is 1. The van der Waals surface area contributed by atoms with Gasteiger partial charge in [0.25, 0.3) is 0 Å². The molecule has 0 saturated heterocycles. The van der Waals surface area contributed by atoms with Crippen LogP contribution in [-0.2, 0) is 0 Å². The number of amides is 1. The van der Waals surface area contributed by atoms with Crippen molar-refractivity contribution in [3.05, 3.63) is 24.3 Å². The Morgan fingerprint density at radius 2 is 2.07 bits per heavy atom. The first-order valence-corrected chi connectivity index (χ1v) is 6.08. The van der Waals surface area contributed by atoms with E-state index in [0.29, 0.717) is 12.3 Å². The molecule has 0 spiro atoms. The van der Waals surface area contributed by atoms with E-state index in [4.69, 9.17) is 4.74 Å². The molecule has 0 aromatic heterocycles. The molecule has 3 nitrogen and oxygen atoms in total. The highest BCUT2D eigenvalue weighted by Gasteiger charge is 2.02. The minimum absolute atomic E-state index is 0.395. The molecule has 1 amide bonds. The van der Waals surface area contributed by atoms with E-state index in [1.807, 2.05) is 25.3 Å². The van der Waals surface area contributed by atoms with Gasteiger partial charge in [0, 0.05) is 11.4 Å². The smallest absolute Gasteiger partial charge is 0.410 e. The number of ether oxygens (including phenoxy) is 1. The minimum Gasteiger partial charge on any atom is -0.410 e. The average molecular weight is 225 g/mol. The fourth-order valence-electron chi connectivity index (χ4n) is 1.01. The molecule has 0 fully saturated rings. The largest absolute Gasteiger partial charge is 0.412 e. The number of hydrogen-bond acceptors (Lipinski definition) is 3. The van der Waals surface area contributed by atoms with Crippen molar-refractivity contribution in [3.8, 4) is 5.75 Å². The second-order valence-corrected chi connectivity index (χ2v) is 3.87. The minimum atomic E-state index is -0.395. The summed E-state index contributed by atoms with van der Waals surface area (Å²) in [6.07, 6.45) is 2.51. The molecule has 0 saturated carbocycles. The molecule has 1 rings (SSSR count). The Kier molecular flexibility index (Phi) is 5.04. The van der Waals surface area contributed by atoms with Crippen molar-refractivity contribution in [1.29, 1.82) is 0 Å². The standard InChI is InChI=1S/C11H15NO2S/c1-3-8-12-11(13)14-9-4-6-10(15-2)7-5-9/h4-7H,3,8H2,1-2H3,(H,12,13). The van der Waals surface area contributed by atoms with E-state index in [2.05, 4.69) is 5.32 Å². The molecule has 0 aliphatic carbocycles. The van der Waals surface area contributed by atoms with E-state index in [0.717, 1.165) is 11.3 Å². The highest BCUT2D eigenvalue weighted by molar-refractivity contribution is 7.98. The third-order valence-electron chi connectivity index (χ3n) is 1.79. The van der Waals surface area contributed by atoms with Gasteiger partial charge in [0.05, 0.1) is 0 Å². The maximum atomic E-state index is 11.2. The summed E-state index contributed by atoms with van der Waals surface area (Å²) in [5.41, 5.74) is 0. The molecular formula is C11H15NO2S. The fraction of sp³-hybridized carbons (Fsp3) is 0.364. The van der Waals surface area contributed by atoms with Crippen LogP contribution in [0.1, 0.15) is 13.3 Å². The predicted octanol–water partition coefficient (Wildman–Crippen LogP) is 2.91. The summed E-state index contributed by atoms with van der Waals surface area (Å²) in [6.45, 7) is 2.63. The first-order chi connectivity index (χ1) is 7.26. The zero-order valence-electron chi connectivity index (χ0n) is 8.95. The number of hydrogen-bond donors (Lipinski definition) is 1. The van der Waals surface area contributed by atoms with Crippen LogP contribution < -0.4 is 10.1 Å². The van der Waals surface area contributed by atoms with Gasteiger partial charge in [-0.2, -0.15) is 0 Å². The lowest BCUT2D eigenvalue weighted by molar-refractivity contribution is 0.200. The molecular weight excluding hydrogens is 210 g/mol. The summed E-state index contributed by atoms with van der Waals surface area (Å²) in [4.78, 5) is 12.3. The van der Waals surface area contributed by atoms with Gasteiger partial charge < -0.3 is 10.1 Å². The Bertz CT molecular complexity index is 311. The Morgan fingerprint density at radius 1 is 1.40 bits per heavy atom. The van der Waals surface area contributed by atoms with E-state index in [1.165, 1.54) is 0 Å². The normalized spacial score (nSPS) is 9.73. The van der Waals surface area contributed by atoms with Gasteiger partial charge in [-0.05, 0) is 36.9 Å². The second-order valence-electron chi connectivity index (χ2n) is 2.99. The fourth-order valence-corrected chi connectivity index (χ4v) is 1.42. The summed E-state index contributed by atoms with van der Waals surface area (Å²) in [5.74, 6) is 0.571. The summed E-state index contributed by atoms with van der Waals surface area (Å²) in [5, 5.41) is 2.64. The van der Waals surface area contributed by atoms with Crippen LogP contribution in [0.25, 0.3) is 0 Å². The van der Waals surface area contributed by atoms with Crippen LogP contribution >= 0.6 is 11.8 Å². The van der Waals surface area contributed by atoms with Crippen molar-refractivity contribution in [2.24, 2.45) is 0 Å². The first kappa shape index (κ1) is 11.9. The zero-order chi connectivity index (χ0) is 11.1. The monoisotopic (exact) mass is 225 g/mol. The molecule has 1 aromatic rings. The number of benzene rings is 1. The third kappa shape index (κ3) is 4.25. The van der Waals surface area contributed by atoms with Crippen molar-refractivity contribution in [2.75, 3.05) is 12.8 Å². The summed E-state index contributed by atoms with van der Waals surface area (Å²) >= 11 is 1.65. The topological polar surface area (TPSA) is 38.3 Å². The second kappa shape index (κ2) is 6.35. The van der Waals surface area contributed by atoms with Gasteiger partial charge in [-0.3, -0.25) is 0 Å². The SMILES string of the molecule is CCCNC(=O)Oc1ccc(SC)cc1. The van der Waals surface area contributed by atoms with Gasteiger partial charge in [-0.25, -0.2) is 4.79 Å². The number of carbonyl (C=O) groups excluding carboxylic acids is 1. The van der Waals surface area contributed by atoms with Crippen molar-refractivity contribution in [3.63, 3.8) is 0 Å². The van der Waals surface area contributed by atoms with Gasteiger partial charge in [-0.1, -0.05) is 6.92 Å². The van der Waals surface area contributed by atoms with E-state index in [-0.39, 0.29) is 0 Å². The zero-order valence-corrected chi connectivity index (χ0v) is 9.76. The van der Waals surface area contributed by atoms with Gasteiger partial charge in [-0.15, -0.1) is 11.8 Å². The van der Waals surface area contributed by atoms with Gasteiger partial charge in [0.2, 0.25) is 0 Å². The van der Waals surface area contributed by atoms with Crippen LogP contribution in [0.5, 0.6) is 5.75 Å². The van der Waals surface area contributed by atoms with E-state index in [1.54, 1.807) is 23.9 Å². The van der Waals surface area contributed by atoms with Crippen molar-refractivity contribution in [2.45, 2.75) is 18.2 Å². The molecule has 15 heavy (non-hydrogen) atoms. The molecule has 0 aliphatic rings. The van der Waals surface area contributed by atoms with E-state index >= 15 is 0 Å². The Balaban J connectivity index is 2.46. The molecule has 0 radical (unpaired) electrons. The predicted molar refractivity (Wildman–Crippen MR) is 62.5 cm³/mol. The molecule has 1 aromatic carbocycles. The first-order valence-electron chi connectivity index (χ1n) is 4.86.